The van der Waals surface area contributed by atoms with Gasteiger partial charge in [-0.05, 0) is 0 Å². The minimum absolute atomic E-state index is 0.0229. The summed E-state index contributed by atoms with van der Waals surface area (Å²) in [6.07, 6.45) is 1.46. The van der Waals surface area contributed by atoms with Crippen molar-refractivity contribution < 1.29 is 0 Å². The zero-order valence-electron chi connectivity index (χ0n) is 7.69. The molecule has 0 saturated carbocycles. The molecule has 1 nitrogen and oxygen atoms in total. The standard InChI is InChI=1S/C8H21GeN/c1-4-10(5-2)8-6-7-9-3/h4-9H2,1-3H3. The maximum absolute atomic E-state index is 2.51. The summed E-state index contributed by atoms with van der Waals surface area (Å²) in [6, 6.07) is 0. The van der Waals surface area contributed by atoms with E-state index in [2.05, 4.69) is 24.5 Å². The van der Waals surface area contributed by atoms with Gasteiger partial charge in [0.2, 0.25) is 0 Å². The summed E-state index contributed by atoms with van der Waals surface area (Å²) in [6.45, 7) is 8.29. The predicted octanol–water partition coefficient (Wildman–Crippen LogP) is 1.35. The molecule has 0 aromatic heterocycles. The van der Waals surface area contributed by atoms with E-state index in [9.17, 15) is 0 Å². The summed E-state index contributed by atoms with van der Waals surface area (Å²) in [5.74, 6) is 2.44. The van der Waals surface area contributed by atoms with E-state index >= 15 is 0 Å². The van der Waals surface area contributed by atoms with Gasteiger partial charge in [0.15, 0.2) is 0 Å². The quantitative estimate of drug-likeness (QED) is 0.466. The molecule has 0 fully saturated rings. The molecule has 0 spiro atoms. The Hall–Kier alpha value is 0.503. The molecule has 0 radical (unpaired) electrons. The molecule has 0 aliphatic rings. The van der Waals surface area contributed by atoms with Crippen molar-refractivity contribution in [1.82, 2.24) is 4.90 Å². The molecule has 0 aliphatic heterocycles. The van der Waals surface area contributed by atoms with E-state index in [0.717, 1.165) is 0 Å². The van der Waals surface area contributed by atoms with E-state index in [1.807, 2.05) is 0 Å². The molecular formula is C8H21GeN. The summed E-state index contributed by atoms with van der Waals surface area (Å²) in [5.41, 5.74) is 0. The van der Waals surface area contributed by atoms with E-state index in [1.165, 1.54) is 26.1 Å². The fraction of sp³-hybridized carbons (Fsp3) is 1.00. The second-order valence-electron chi connectivity index (χ2n) is 2.73. The Kier molecular flexibility index (Phi) is 7.99. The van der Waals surface area contributed by atoms with Gasteiger partial charge in [-0.3, -0.25) is 0 Å². The summed E-state index contributed by atoms with van der Waals surface area (Å²) >= 11 is -0.0229. The Morgan fingerprint density at radius 1 is 1.20 bits per heavy atom. The van der Waals surface area contributed by atoms with Crippen LogP contribution in [0.1, 0.15) is 20.3 Å². The Bertz CT molecular complexity index is 62.3. The van der Waals surface area contributed by atoms with Crippen LogP contribution in [0.5, 0.6) is 0 Å². The van der Waals surface area contributed by atoms with E-state index in [4.69, 9.17) is 0 Å². The molecular weight excluding hydrogens is 183 g/mol. The van der Waals surface area contributed by atoms with Crippen molar-refractivity contribution in [2.45, 2.75) is 31.3 Å². The van der Waals surface area contributed by atoms with Crippen LogP contribution in [0, 0.1) is 0 Å². The van der Waals surface area contributed by atoms with Crippen LogP contribution in [0.4, 0.5) is 0 Å². The molecule has 0 aliphatic carbocycles. The van der Waals surface area contributed by atoms with Crippen molar-refractivity contribution in [2.75, 3.05) is 19.6 Å². The van der Waals surface area contributed by atoms with Gasteiger partial charge < -0.3 is 0 Å². The first-order valence-electron chi connectivity index (χ1n) is 4.57. The van der Waals surface area contributed by atoms with Crippen molar-refractivity contribution in [3.63, 3.8) is 0 Å². The van der Waals surface area contributed by atoms with Crippen molar-refractivity contribution >= 4 is 15.4 Å². The maximum atomic E-state index is 2.51. The Morgan fingerprint density at radius 2 is 1.80 bits per heavy atom. The van der Waals surface area contributed by atoms with Gasteiger partial charge in [0, 0.05) is 0 Å². The number of rotatable bonds is 6. The molecule has 0 unspecified atom stereocenters. The number of hydrogen-bond donors (Lipinski definition) is 0. The average molecular weight is 204 g/mol. The number of hydrogen-bond acceptors (Lipinski definition) is 1. The van der Waals surface area contributed by atoms with Crippen LogP contribution >= 0.6 is 0 Å². The zero-order valence-corrected chi connectivity index (χ0v) is 10.7. The molecule has 10 heavy (non-hydrogen) atoms. The molecule has 0 amide bonds. The normalized spacial score (nSPS) is 12.0. The van der Waals surface area contributed by atoms with Crippen LogP contribution in [-0.2, 0) is 0 Å². The third-order valence-corrected chi connectivity index (χ3v) is 4.50. The van der Waals surface area contributed by atoms with Crippen molar-refractivity contribution in [2.24, 2.45) is 0 Å². The molecule has 62 valence electrons. The molecule has 0 aromatic carbocycles. The summed E-state index contributed by atoms with van der Waals surface area (Å²) < 4.78 is 0. The fourth-order valence-corrected chi connectivity index (χ4v) is 2.64. The van der Waals surface area contributed by atoms with Gasteiger partial charge in [-0.15, -0.1) is 0 Å². The summed E-state index contributed by atoms with van der Waals surface area (Å²) in [7, 11) is 0. The summed E-state index contributed by atoms with van der Waals surface area (Å²) in [4.78, 5) is 2.51. The van der Waals surface area contributed by atoms with Crippen molar-refractivity contribution in [1.29, 1.82) is 0 Å². The van der Waals surface area contributed by atoms with E-state index in [0.29, 0.717) is 0 Å². The van der Waals surface area contributed by atoms with Crippen LogP contribution in [0.2, 0.25) is 11.0 Å². The van der Waals surface area contributed by atoms with Crippen molar-refractivity contribution in [3.8, 4) is 0 Å². The Labute approximate surface area is 71.7 Å². The first kappa shape index (κ1) is 10.5. The average Bonchev–Trinajstić information content (AvgIpc) is 1.99. The third-order valence-electron chi connectivity index (χ3n) is 1.97. The van der Waals surface area contributed by atoms with Gasteiger partial charge in [0.05, 0.1) is 0 Å². The molecule has 0 aromatic rings. The van der Waals surface area contributed by atoms with Crippen LogP contribution in [-0.4, -0.2) is 40.0 Å². The Balaban J connectivity index is 3.09. The molecule has 0 N–H and O–H groups in total. The molecule has 0 heterocycles. The molecule has 0 rings (SSSR count). The minimum atomic E-state index is -0.0229. The van der Waals surface area contributed by atoms with Gasteiger partial charge in [0.25, 0.3) is 0 Å². The molecule has 2 heteroatoms. The first-order chi connectivity index (χ1) is 4.85. The van der Waals surface area contributed by atoms with Gasteiger partial charge in [-0.25, -0.2) is 0 Å². The van der Waals surface area contributed by atoms with Gasteiger partial charge in [-0.1, -0.05) is 0 Å². The van der Waals surface area contributed by atoms with E-state index in [-0.39, 0.29) is 15.4 Å². The predicted molar refractivity (Wildman–Crippen MR) is 51.6 cm³/mol. The van der Waals surface area contributed by atoms with Crippen LogP contribution in [0.3, 0.4) is 0 Å². The molecule has 0 atom stereocenters. The van der Waals surface area contributed by atoms with Gasteiger partial charge >= 0.3 is 71.2 Å². The monoisotopic (exact) mass is 205 g/mol. The van der Waals surface area contributed by atoms with E-state index in [1.54, 1.807) is 5.25 Å². The molecule has 0 bridgehead atoms. The summed E-state index contributed by atoms with van der Waals surface area (Å²) in [5, 5.41) is 1.57. The molecule has 0 saturated heterocycles. The third kappa shape index (κ3) is 5.30. The zero-order chi connectivity index (χ0) is 7.82. The topological polar surface area (TPSA) is 3.24 Å². The SMILES string of the molecule is CCN(CC)CC[CH2][GeH2][CH3]. The van der Waals surface area contributed by atoms with Gasteiger partial charge in [0.1, 0.15) is 0 Å². The Morgan fingerprint density at radius 3 is 2.20 bits per heavy atom. The second-order valence-corrected chi connectivity index (χ2v) is 6.32. The fourth-order valence-electron chi connectivity index (χ4n) is 1.13. The van der Waals surface area contributed by atoms with Crippen LogP contribution in [0.15, 0.2) is 0 Å². The first-order valence-corrected chi connectivity index (χ1v) is 9.64. The van der Waals surface area contributed by atoms with Crippen LogP contribution in [0.25, 0.3) is 0 Å². The van der Waals surface area contributed by atoms with Gasteiger partial charge in [-0.2, -0.15) is 0 Å². The van der Waals surface area contributed by atoms with Crippen LogP contribution < -0.4 is 0 Å². The number of nitrogens with zero attached hydrogens (tertiary/aromatic N) is 1. The second kappa shape index (κ2) is 7.61. The van der Waals surface area contributed by atoms with E-state index < -0.39 is 0 Å². The van der Waals surface area contributed by atoms with Crippen molar-refractivity contribution in [3.05, 3.63) is 0 Å².